The Morgan fingerprint density at radius 2 is 1.42 bits per heavy atom. The number of hydrogen-bond donors (Lipinski definition) is 4. The lowest BCUT2D eigenvalue weighted by Crippen LogP contribution is -3.13. The van der Waals surface area contributed by atoms with E-state index in [0.29, 0.717) is 23.8 Å². The number of hydrogen-bond acceptors (Lipinski definition) is 3. The smallest absolute Gasteiger partial charge is 0.279 e. The number of rotatable bonds is 9. The Morgan fingerprint density at radius 3 is 1.94 bits per heavy atom. The lowest BCUT2D eigenvalue weighted by Gasteiger charge is -2.19. The van der Waals surface area contributed by atoms with Crippen LogP contribution in [0.25, 0.3) is 0 Å². The maximum Gasteiger partial charge on any atom is 0.279 e. The molecular formula is C24H33N4O3+. The molecule has 0 fully saturated rings. The van der Waals surface area contributed by atoms with Crippen LogP contribution >= 0.6 is 0 Å². The number of benzene rings is 2. The fourth-order valence-electron chi connectivity index (χ4n) is 3.34. The van der Waals surface area contributed by atoms with Gasteiger partial charge in [-0.3, -0.25) is 14.4 Å². The van der Waals surface area contributed by atoms with Crippen molar-refractivity contribution in [2.75, 3.05) is 35.6 Å². The minimum Gasteiger partial charge on any atom is -0.326 e. The molecule has 2 aromatic rings. The van der Waals surface area contributed by atoms with Gasteiger partial charge < -0.3 is 20.9 Å². The molecule has 0 spiro atoms. The molecule has 4 N–H and O–H groups in total. The second-order valence-electron chi connectivity index (χ2n) is 8.01. The van der Waals surface area contributed by atoms with Crippen molar-refractivity contribution >= 4 is 34.8 Å². The summed E-state index contributed by atoms with van der Waals surface area (Å²) < 4.78 is 0. The van der Waals surface area contributed by atoms with Gasteiger partial charge in [-0.05, 0) is 55.2 Å². The lowest BCUT2D eigenvalue weighted by molar-refractivity contribution is -0.881. The van der Waals surface area contributed by atoms with E-state index in [4.69, 9.17) is 0 Å². The zero-order chi connectivity index (χ0) is 23.0. The van der Waals surface area contributed by atoms with E-state index in [1.54, 1.807) is 24.3 Å². The molecule has 31 heavy (non-hydrogen) atoms. The van der Waals surface area contributed by atoms with Crippen molar-refractivity contribution in [2.45, 2.75) is 40.5 Å². The molecule has 0 heterocycles. The molecule has 0 aliphatic rings. The van der Waals surface area contributed by atoms with Crippen LogP contribution in [0, 0.1) is 6.92 Å². The highest BCUT2D eigenvalue weighted by molar-refractivity contribution is 5.94. The number of carbonyl (C=O) groups is 3. The number of anilines is 3. The summed E-state index contributed by atoms with van der Waals surface area (Å²) in [6, 6.07) is 12.9. The average molecular weight is 426 g/mol. The summed E-state index contributed by atoms with van der Waals surface area (Å²) in [5, 5.41) is 8.57. The highest BCUT2D eigenvalue weighted by Gasteiger charge is 2.19. The van der Waals surface area contributed by atoms with Crippen molar-refractivity contribution in [3.8, 4) is 0 Å². The summed E-state index contributed by atoms with van der Waals surface area (Å²) in [4.78, 5) is 37.1. The molecule has 0 bridgehead atoms. The molecule has 2 rings (SSSR count). The molecule has 3 amide bonds. The van der Waals surface area contributed by atoms with Gasteiger partial charge in [-0.15, -0.1) is 0 Å². The van der Waals surface area contributed by atoms with Crippen LogP contribution in [0.1, 0.15) is 44.7 Å². The molecule has 7 heteroatoms. The van der Waals surface area contributed by atoms with E-state index in [1.165, 1.54) is 6.92 Å². The largest absolute Gasteiger partial charge is 0.326 e. The average Bonchev–Trinajstić information content (AvgIpc) is 2.69. The standard InChI is InChI=1S/C24H32N4O3/c1-6-28(14-22(30)26-20-12-10-19(11-13-20)25-18(5)29)15-23(31)27-24-17(4)8-7-9-21(24)16(2)3/h7-13,16H,6,14-15H2,1-5H3,(H,25,29)(H,26,30)(H,27,31)/p+1. The van der Waals surface area contributed by atoms with Crippen LogP contribution in [0.5, 0.6) is 0 Å². The topological polar surface area (TPSA) is 91.7 Å². The molecule has 1 unspecified atom stereocenters. The second kappa shape index (κ2) is 11.3. The van der Waals surface area contributed by atoms with Crippen LogP contribution in [0.2, 0.25) is 0 Å². The van der Waals surface area contributed by atoms with Gasteiger partial charge in [-0.1, -0.05) is 32.0 Å². The van der Waals surface area contributed by atoms with Gasteiger partial charge in [0.25, 0.3) is 11.8 Å². The van der Waals surface area contributed by atoms with E-state index < -0.39 is 0 Å². The fraction of sp³-hybridized carbons (Fsp3) is 0.375. The van der Waals surface area contributed by atoms with Crippen LogP contribution in [0.3, 0.4) is 0 Å². The van der Waals surface area contributed by atoms with Crippen LogP contribution in [-0.4, -0.2) is 37.4 Å². The summed E-state index contributed by atoms with van der Waals surface area (Å²) >= 11 is 0. The monoisotopic (exact) mass is 425 g/mol. The Kier molecular flexibility index (Phi) is 8.75. The van der Waals surface area contributed by atoms with Gasteiger partial charge in [-0.25, -0.2) is 0 Å². The van der Waals surface area contributed by atoms with E-state index in [2.05, 4.69) is 29.8 Å². The van der Waals surface area contributed by atoms with Crippen molar-refractivity contribution in [2.24, 2.45) is 0 Å². The first-order chi connectivity index (χ1) is 14.7. The fourth-order valence-corrected chi connectivity index (χ4v) is 3.34. The number of quaternary nitrogens is 1. The molecule has 0 saturated heterocycles. The van der Waals surface area contributed by atoms with E-state index in [1.807, 2.05) is 32.0 Å². The van der Waals surface area contributed by atoms with Crippen molar-refractivity contribution in [3.05, 3.63) is 53.6 Å². The lowest BCUT2D eigenvalue weighted by atomic mass is 9.98. The maximum absolute atomic E-state index is 12.7. The molecule has 7 nitrogen and oxygen atoms in total. The van der Waals surface area contributed by atoms with Crippen LogP contribution in [0.15, 0.2) is 42.5 Å². The number of amides is 3. The predicted octanol–water partition coefficient (Wildman–Crippen LogP) is 2.56. The molecule has 0 saturated carbocycles. The van der Waals surface area contributed by atoms with Gasteiger partial charge in [0.1, 0.15) is 0 Å². The summed E-state index contributed by atoms with van der Waals surface area (Å²) in [7, 11) is 0. The minimum absolute atomic E-state index is 0.111. The third-order valence-corrected chi connectivity index (χ3v) is 5.00. The first kappa shape index (κ1) is 24.1. The Hall–Kier alpha value is -3.19. The molecule has 0 radical (unpaired) electrons. The van der Waals surface area contributed by atoms with Crippen LogP contribution in [-0.2, 0) is 14.4 Å². The zero-order valence-electron chi connectivity index (χ0n) is 19.0. The van der Waals surface area contributed by atoms with Gasteiger partial charge in [0.2, 0.25) is 5.91 Å². The predicted molar refractivity (Wildman–Crippen MR) is 125 cm³/mol. The number of para-hydroxylation sites is 1. The molecule has 0 aliphatic carbocycles. The number of aryl methyl sites for hydroxylation is 1. The Labute approximate surface area is 184 Å². The first-order valence-corrected chi connectivity index (χ1v) is 10.6. The van der Waals surface area contributed by atoms with E-state index in [-0.39, 0.29) is 30.8 Å². The van der Waals surface area contributed by atoms with Crippen LogP contribution < -0.4 is 20.9 Å². The summed E-state index contributed by atoms with van der Waals surface area (Å²) in [6.07, 6.45) is 0. The number of carbonyl (C=O) groups excluding carboxylic acids is 3. The van der Waals surface area contributed by atoms with Gasteiger partial charge in [0.05, 0.1) is 6.54 Å². The minimum atomic E-state index is -0.171. The van der Waals surface area contributed by atoms with Gasteiger partial charge in [0.15, 0.2) is 13.1 Å². The van der Waals surface area contributed by atoms with Crippen molar-refractivity contribution in [3.63, 3.8) is 0 Å². The summed E-state index contributed by atoms with van der Waals surface area (Å²) in [6.45, 7) is 10.6. The second-order valence-corrected chi connectivity index (χ2v) is 8.01. The van der Waals surface area contributed by atoms with Gasteiger partial charge in [-0.2, -0.15) is 0 Å². The number of nitrogens with one attached hydrogen (secondary N) is 4. The number of likely N-dealkylation sites (N-methyl/N-ethyl adjacent to an activating group) is 1. The Bertz CT molecular complexity index is 923. The molecule has 2 aromatic carbocycles. The highest BCUT2D eigenvalue weighted by Crippen LogP contribution is 2.27. The Morgan fingerprint density at radius 1 is 0.871 bits per heavy atom. The van der Waals surface area contributed by atoms with Crippen molar-refractivity contribution in [1.29, 1.82) is 0 Å². The van der Waals surface area contributed by atoms with Crippen molar-refractivity contribution < 1.29 is 19.3 Å². The quantitative estimate of drug-likeness (QED) is 0.498. The van der Waals surface area contributed by atoms with E-state index in [9.17, 15) is 14.4 Å². The van der Waals surface area contributed by atoms with Crippen molar-refractivity contribution in [1.82, 2.24) is 0 Å². The van der Waals surface area contributed by atoms with E-state index in [0.717, 1.165) is 21.7 Å². The third-order valence-electron chi connectivity index (χ3n) is 5.00. The normalized spacial score (nSPS) is 11.7. The Balaban J connectivity index is 1.93. The highest BCUT2D eigenvalue weighted by atomic mass is 16.2. The third kappa shape index (κ3) is 7.53. The molecule has 166 valence electrons. The summed E-state index contributed by atoms with van der Waals surface area (Å²) in [5.74, 6) is -0.132. The SMILES string of the molecule is CC[NH+](CC(=O)Nc1ccc(NC(C)=O)cc1)CC(=O)Nc1c(C)cccc1C(C)C. The molecular weight excluding hydrogens is 392 g/mol. The van der Waals surface area contributed by atoms with Gasteiger partial charge >= 0.3 is 0 Å². The van der Waals surface area contributed by atoms with Crippen LogP contribution in [0.4, 0.5) is 17.1 Å². The first-order valence-electron chi connectivity index (χ1n) is 10.6. The van der Waals surface area contributed by atoms with Gasteiger partial charge in [0, 0.05) is 24.0 Å². The molecule has 0 aromatic heterocycles. The molecule has 1 atom stereocenters. The molecule has 0 aliphatic heterocycles. The maximum atomic E-state index is 12.7. The van der Waals surface area contributed by atoms with E-state index >= 15 is 0 Å². The zero-order valence-corrected chi connectivity index (χ0v) is 19.0. The summed E-state index contributed by atoms with van der Waals surface area (Å²) in [5.41, 5.74) is 4.30.